The molecule has 2 heterocycles. The van der Waals surface area contributed by atoms with Crippen LogP contribution in [0.3, 0.4) is 0 Å². The molecule has 2 aliphatic rings. The van der Waals surface area contributed by atoms with Crippen LogP contribution < -0.4 is 10.0 Å². The molecule has 38 heavy (non-hydrogen) atoms. The zero-order valence-electron chi connectivity index (χ0n) is 20.5. The van der Waals surface area contributed by atoms with Gasteiger partial charge in [-0.25, -0.2) is 23.1 Å². The summed E-state index contributed by atoms with van der Waals surface area (Å²) in [5.74, 6) is -1.88. The summed E-state index contributed by atoms with van der Waals surface area (Å²) in [6, 6.07) is 15.4. The van der Waals surface area contributed by atoms with Gasteiger partial charge in [-0.05, 0) is 48.7 Å². The fourth-order valence-electron chi connectivity index (χ4n) is 5.11. The summed E-state index contributed by atoms with van der Waals surface area (Å²) in [6.45, 7) is 0. The zero-order valence-corrected chi connectivity index (χ0v) is 21.3. The maximum absolute atomic E-state index is 13.5. The summed E-state index contributed by atoms with van der Waals surface area (Å²) < 4.78 is 27.6. The molecule has 2 fully saturated rings. The van der Waals surface area contributed by atoms with E-state index >= 15 is 0 Å². The van der Waals surface area contributed by atoms with Gasteiger partial charge in [0.2, 0.25) is 23.7 Å². The lowest BCUT2D eigenvalue weighted by Crippen LogP contribution is -2.49. The Bertz CT molecular complexity index is 1410. The van der Waals surface area contributed by atoms with Crippen LogP contribution >= 0.6 is 0 Å². The highest BCUT2D eigenvalue weighted by atomic mass is 32.2. The van der Waals surface area contributed by atoms with Gasteiger partial charge in [0.15, 0.2) is 0 Å². The molecule has 1 aliphatic carbocycles. The average Bonchev–Trinajstić information content (AvgIpc) is 3.18. The normalized spacial score (nSPS) is 20.1. The first-order valence-electron chi connectivity index (χ1n) is 12.4. The Kier molecular flexibility index (Phi) is 7.19. The SMILES string of the molecule is O=C(Nc1ccc(S(=O)(=O)Nc2ncccn2)cc1)[C@@H](Cc1ccccc1)N1C(=O)[C@H]2CCCC[C@H]2C1=O. The van der Waals surface area contributed by atoms with Crippen LogP contribution in [-0.2, 0) is 30.8 Å². The van der Waals surface area contributed by atoms with E-state index in [1.807, 2.05) is 30.3 Å². The Morgan fingerprint density at radius 3 is 2.11 bits per heavy atom. The molecule has 2 N–H and O–H groups in total. The fraction of sp³-hybridized carbons (Fsp3) is 0.296. The van der Waals surface area contributed by atoms with Crippen molar-refractivity contribution in [2.45, 2.75) is 43.0 Å². The molecule has 0 bridgehead atoms. The van der Waals surface area contributed by atoms with Crippen molar-refractivity contribution < 1.29 is 22.8 Å². The maximum Gasteiger partial charge on any atom is 0.264 e. The quantitative estimate of drug-likeness (QED) is 0.425. The van der Waals surface area contributed by atoms with E-state index in [2.05, 4.69) is 20.0 Å². The maximum atomic E-state index is 13.5. The standard InChI is InChI=1S/C27H27N5O5S/c33-24(30-19-11-13-20(14-12-19)38(36,37)31-27-28-15-6-16-29-27)23(17-18-7-2-1-3-8-18)32-25(34)21-9-4-5-10-22(21)26(32)35/h1-3,6-8,11-16,21-23H,4-5,9-10,17H2,(H,30,33)(H,28,29,31)/t21-,22+,23-/m1/s1. The van der Waals surface area contributed by atoms with Gasteiger partial charge in [-0.1, -0.05) is 43.2 Å². The van der Waals surface area contributed by atoms with Crippen LogP contribution in [0, 0.1) is 11.8 Å². The third-order valence-electron chi connectivity index (χ3n) is 6.98. The average molecular weight is 534 g/mol. The lowest BCUT2D eigenvalue weighted by Gasteiger charge is -2.26. The number of fused-ring (bicyclic) bond motifs is 1. The number of anilines is 2. The molecular weight excluding hydrogens is 506 g/mol. The van der Waals surface area contributed by atoms with Crippen LogP contribution in [0.1, 0.15) is 31.2 Å². The highest BCUT2D eigenvalue weighted by Gasteiger charge is 2.51. The molecule has 1 saturated carbocycles. The minimum atomic E-state index is -3.94. The second-order valence-corrected chi connectivity index (χ2v) is 11.1. The third-order valence-corrected chi connectivity index (χ3v) is 8.33. The zero-order chi connectivity index (χ0) is 26.7. The molecule has 196 valence electrons. The van der Waals surface area contributed by atoms with Gasteiger partial charge in [0.1, 0.15) is 6.04 Å². The van der Waals surface area contributed by atoms with Crippen molar-refractivity contribution in [2.24, 2.45) is 11.8 Å². The van der Waals surface area contributed by atoms with E-state index in [1.165, 1.54) is 36.7 Å². The number of aromatic nitrogens is 2. The van der Waals surface area contributed by atoms with Crippen LogP contribution in [0.5, 0.6) is 0 Å². The van der Waals surface area contributed by atoms with E-state index in [9.17, 15) is 22.8 Å². The van der Waals surface area contributed by atoms with E-state index < -0.39 is 22.0 Å². The lowest BCUT2D eigenvalue weighted by atomic mass is 9.81. The van der Waals surface area contributed by atoms with Crippen LogP contribution in [0.2, 0.25) is 0 Å². The summed E-state index contributed by atoms with van der Waals surface area (Å²) in [5.41, 5.74) is 1.15. The molecule has 0 unspecified atom stereocenters. The molecule has 3 aromatic rings. The summed E-state index contributed by atoms with van der Waals surface area (Å²) in [4.78, 5) is 48.9. The van der Waals surface area contributed by atoms with Crippen molar-refractivity contribution >= 4 is 39.4 Å². The van der Waals surface area contributed by atoms with Crippen LogP contribution in [0.25, 0.3) is 0 Å². The number of rotatable bonds is 8. The van der Waals surface area contributed by atoms with E-state index in [0.717, 1.165) is 23.3 Å². The molecule has 2 aromatic carbocycles. The molecule has 0 radical (unpaired) electrons. The Balaban J connectivity index is 1.36. The number of benzene rings is 2. The first kappa shape index (κ1) is 25.5. The van der Waals surface area contributed by atoms with Crippen LogP contribution in [0.15, 0.2) is 78.0 Å². The van der Waals surface area contributed by atoms with Crippen molar-refractivity contribution in [3.8, 4) is 0 Å². The van der Waals surface area contributed by atoms with E-state index in [1.54, 1.807) is 6.07 Å². The Morgan fingerprint density at radius 1 is 0.895 bits per heavy atom. The highest BCUT2D eigenvalue weighted by molar-refractivity contribution is 7.92. The van der Waals surface area contributed by atoms with E-state index in [-0.39, 0.29) is 40.9 Å². The Morgan fingerprint density at radius 2 is 1.50 bits per heavy atom. The van der Waals surface area contributed by atoms with Gasteiger partial charge >= 0.3 is 0 Å². The second kappa shape index (κ2) is 10.7. The summed E-state index contributed by atoms with van der Waals surface area (Å²) in [5, 5.41) is 2.76. The van der Waals surface area contributed by atoms with E-state index in [0.29, 0.717) is 18.5 Å². The number of carbonyl (C=O) groups is 3. The van der Waals surface area contributed by atoms with Gasteiger partial charge in [0.25, 0.3) is 10.0 Å². The topological polar surface area (TPSA) is 138 Å². The van der Waals surface area contributed by atoms with Crippen molar-refractivity contribution in [2.75, 3.05) is 10.0 Å². The Labute approximate surface area is 220 Å². The minimum Gasteiger partial charge on any atom is -0.324 e. The third kappa shape index (κ3) is 5.28. The summed E-state index contributed by atoms with van der Waals surface area (Å²) in [7, 11) is -3.94. The Hall–Kier alpha value is -4.12. The number of likely N-dealkylation sites (tertiary alicyclic amines) is 1. The number of sulfonamides is 1. The van der Waals surface area contributed by atoms with Gasteiger partial charge in [0.05, 0.1) is 16.7 Å². The van der Waals surface area contributed by atoms with Gasteiger partial charge in [-0.2, -0.15) is 0 Å². The van der Waals surface area contributed by atoms with Gasteiger partial charge < -0.3 is 5.32 Å². The number of nitrogens with zero attached hydrogens (tertiary/aromatic N) is 3. The summed E-state index contributed by atoms with van der Waals surface area (Å²) >= 11 is 0. The molecule has 1 aliphatic heterocycles. The molecule has 5 rings (SSSR count). The first-order valence-corrected chi connectivity index (χ1v) is 13.9. The molecule has 0 spiro atoms. The second-order valence-electron chi connectivity index (χ2n) is 9.44. The molecular formula is C27H27N5O5S. The number of carbonyl (C=O) groups excluding carboxylic acids is 3. The number of amides is 3. The predicted octanol–water partition coefficient (Wildman–Crippen LogP) is 3.00. The molecule has 3 atom stereocenters. The van der Waals surface area contributed by atoms with Gasteiger partial charge in [0, 0.05) is 24.5 Å². The minimum absolute atomic E-state index is 0.0437. The molecule has 1 aromatic heterocycles. The molecule has 11 heteroatoms. The smallest absolute Gasteiger partial charge is 0.264 e. The molecule has 3 amide bonds. The lowest BCUT2D eigenvalue weighted by molar-refractivity contribution is -0.146. The number of imide groups is 1. The van der Waals surface area contributed by atoms with Crippen molar-refractivity contribution in [1.82, 2.24) is 14.9 Å². The van der Waals surface area contributed by atoms with Crippen molar-refractivity contribution in [3.05, 3.63) is 78.6 Å². The van der Waals surface area contributed by atoms with Gasteiger partial charge in [-0.3, -0.25) is 19.3 Å². The van der Waals surface area contributed by atoms with Crippen molar-refractivity contribution in [3.63, 3.8) is 0 Å². The van der Waals surface area contributed by atoms with Crippen LogP contribution in [0.4, 0.5) is 11.6 Å². The number of nitrogens with one attached hydrogen (secondary N) is 2. The monoisotopic (exact) mass is 533 g/mol. The number of hydrogen-bond acceptors (Lipinski definition) is 7. The molecule has 10 nitrogen and oxygen atoms in total. The first-order chi connectivity index (χ1) is 18.3. The predicted molar refractivity (Wildman–Crippen MR) is 139 cm³/mol. The fourth-order valence-corrected chi connectivity index (χ4v) is 6.07. The largest absolute Gasteiger partial charge is 0.324 e. The number of hydrogen-bond donors (Lipinski definition) is 2. The van der Waals surface area contributed by atoms with Gasteiger partial charge in [-0.15, -0.1) is 0 Å². The van der Waals surface area contributed by atoms with Crippen LogP contribution in [-0.4, -0.2) is 47.0 Å². The molecule has 1 saturated heterocycles. The summed E-state index contributed by atoms with van der Waals surface area (Å²) in [6.07, 6.45) is 6.11. The van der Waals surface area contributed by atoms with Crippen molar-refractivity contribution in [1.29, 1.82) is 0 Å². The van der Waals surface area contributed by atoms with E-state index in [4.69, 9.17) is 0 Å². The highest BCUT2D eigenvalue weighted by Crippen LogP contribution is 2.39.